The lowest BCUT2D eigenvalue weighted by atomic mass is 10.00. The highest BCUT2D eigenvalue weighted by atomic mass is 32.2. The zero-order chi connectivity index (χ0) is 107. The number of likely N-dealkylation sites (tertiary alicyclic amines) is 1. The van der Waals surface area contributed by atoms with Gasteiger partial charge in [-0.3, -0.25) is 72.0 Å². The van der Waals surface area contributed by atoms with Crippen LogP contribution in [0.25, 0.3) is 90.9 Å². The number of aryl methyl sites for hydroxylation is 3. The second-order valence-electron chi connectivity index (χ2n) is 38.5. The van der Waals surface area contributed by atoms with Gasteiger partial charge in [0.05, 0.1) is 40.2 Å². The highest BCUT2D eigenvalue weighted by Crippen LogP contribution is 2.39. The normalized spacial score (nSPS) is 19.2. The summed E-state index contributed by atoms with van der Waals surface area (Å²) in [6.45, 7) is 6.59. The molecule has 14 amide bonds. The fraction of sp³-hybridized carbons (Fsp3) is 0.435. The third-order valence-electron chi connectivity index (χ3n) is 26.2. The van der Waals surface area contributed by atoms with Crippen molar-refractivity contribution in [3.8, 4) is 44.5 Å². The molecular weight excluding hydrogens is 1920 g/mol. The number of nitrogens with one attached hydrogen (secondary N) is 14. The first kappa shape index (κ1) is 113. The van der Waals surface area contributed by atoms with Crippen molar-refractivity contribution < 1.29 is 91.0 Å². The van der Waals surface area contributed by atoms with Gasteiger partial charge in [-0.2, -0.15) is 0 Å². The van der Waals surface area contributed by atoms with E-state index in [1.54, 1.807) is 44.2 Å². The van der Waals surface area contributed by atoms with Gasteiger partial charge in [0.2, 0.25) is 82.7 Å². The molecule has 10 heterocycles. The molecule has 4 aliphatic rings. The first-order valence-electron chi connectivity index (χ1n) is 51.0. The predicted octanol–water partition coefficient (Wildman–Crippen LogP) is 3.33. The molecule has 24 N–H and O–H groups in total. The summed E-state index contributed by atoms with van der Waals surface area (Å²) in [6, 6.07) is 21.1. The van der Waals surface area contributed by atoms with E-state index < -0.39 is 168 Å². The number of fused-ring (bicyclic) bond motifs is 8. The first-order valence-corrected chi connectivity index (χ1v) is 52.1. The molecule has 0 saturated carbocycles. The molecule has 0 spiro atoms. The summed E-state index contributed by atoms with van der Waals surface area (Å²) in [6.07, 6.45) is 20.1. The van der Waals surface area contributed by atoms with Crippen LogP contribution >= 0.6 is 11.8 Å². The van der Waals surface area contributed by atoms with Crippen molar-refractivity contribution in [1.29, 1.82) is 0 Å². The fourth-order valence-electron chi connectivity index (χ4n) is 18.1. The molecule has 2 aromatic carbocycles. The van der Waals surface area contributed by atoms with Gasteiger partial charge in [-0.1, -0.05) is 95.3 Å². The fourth-order valence-corrected chi connectivity index (χ4v) is 19.3. The number of benzene rings is 2. The second-order valence-corrected chi connectivity index (χ2v) is 39.7. The number of amides is 14. The topological polar surface area (TPSA) is 600 Å². The summed E-state index contributed by atoms with van der Waals surface area (Å²) in [5.74, 6) is -12.3. The smallest absolute Gasteiger partial charge is 0.245 e. The number of aromatic nitrogens is 7. The highest BCUT2D eigenvalue weighted by Gasteiger charge is 2.42. The van der Waals surface area contributed by atoms with Gasteiger partial charge < -0.3 is 107 Å². The maximum Gasteiger partial charge on any atom is 0.245 e. The minimum Gasteiger partial charge on any atom is -0.391 e. The highest BCUT2D eigenvalue weighted by molar-refractivity contribution is 8.00. The van der Waals surface area contributed by atoms with Crippen molar-refractivity contribution in [2.45, 2.75) is 228 Å². The van der Waals surface area contributed by atoms with Crippen molar-refractivity contribution in [3.63, 3.8) is 0 Å². The van der Waals surface area contributed by atoms with Crippen LogP contribution < -0.4 is 100 Å². The van der Waals surface area contributed by atoms with Crippen molar-refractivity contribution in [2.24, 2.45) is 50.0 Å². The van der Waals surface area contributed by atoms with Gasteiger partial charge in [0, 0.05) is 131 Å². The Morgan fingerprint density at radius 1 is 0.477 bits per heavy atom. The number of carbonyl (C=O) groups excluding carboxylic acids is 14. The number of carbonyl (C=O) groups is 14. The number of nitrogens with zero attached hydrogens (tertiary/aromatic N) is 6. The minimum absolute atomic E-state index is 0.00640. The van der Waals surface area contributed by atoms with Gasteiger partial charge >= 0.3 is 0 Å². The number of nitrogens with two attached hydrogens (primary N) is 4. The Balaban J connectivity index is 0.712. The molecular formula is C108H141N24O16S+3. The molecule has 2 fully saturated rings. The van der Waals surface area contributed by atoms with E-state index in [0.717, 1.165) is 120 Å². The summed E-state index contributed by atoms with van der Waals surface area (Å²) in [4.78, 5) is 221. The van der Waals surface area contributed by atoms with Crippen LogP contribution in [-0.2, 0) is 94.7 Å². The van der Waals surface area contributed by atoms with E-state index in [4.69, 9.17) is 32.9 Å². The number of H-pyrrole nitrogens is 2. The monoisotopic (exact) mass is 2060 g/mol. The number of anilines is 1. The number of rotatable bonds is 41. The molecule has 1 unspecified atom stereocenters. The van der Waals surface area contributed by atoms with Crippen molar-refractivity contribution >= 4 is 147 Å². The van der Waals surface area contributed by atoms with Crippen molar-refractivity contribution in [1.82, 2.24) is 83.3 Å². The Bertz CT molecular complexity index is 6290. The summed E-state index contributed by atoms with van der Waals surface area (Å²) >= 11 is 0.929. The molecule has 8 aromatic rings. The van der Waals surface area contributed by atoms with Gasteiger partial charge in [-0.15, -0.1) is 11.8 Å². The lowest BCUT2D eigenvalue weighted by Gasteiger charge is -2.29. The van der Waals surface area contributed by atoms with Crippen LogP contribution in [0.3, 0.4) is 0 Å². The summed E-state index contributed by atoms with van der Waals surface area (Å²) in [5.41, 5.74) is 38.6. The molecule has 12 rings (SSSR count). The number of imide groups is 1. The third kappa shape index (κ3) is 31.3. The SMILES string of the molecule is CCCCCCCC(=O)N[C@@H](CSC1CC(=O)N(CCCCCC(=O)Nc2ccc(-c3c4nc(c(-c5cc[n+](C)cc5)c5ccc([nH]5)c(-c5cc[n+](C)cc5)c5nc(c(-c6cc[n+](C)cc6)c6ccc3[nH]6)C=C5)C=C4)cc2)C1=O)C(=O)N[C@H](C(=O)N[C@@H](CCN)C(=O)N[C@H]1CCNC(=O)[C@H]([C@@H](C)O)NC(=O)[C@H](CCN)NC(=O)[C@H](CCN)NC(=O)[C@H](CC(C)C)NC(=O)[C@@H](Cc2ccccc2)NC(=O)[C@H](CCN)NC1=O)[C@@H](C)O. The Morgan fingerprint density at radius 2 is 0.926 bits per heavy atom. The Labute approximate surface area is 869 Å². The summed E-state index contributed by atoms with van der Waals surface area (Å²) in [5, 5.41) is 52.8. The van der Waals surface area contributed by atoms with E-state index in [-0.39, 0.29) is 108 Å². The Hall–Kier alpha value is -14.6. The number of hydrogen-bond donors (Lipinski definition) is 20. The average molecular weight is 2060 g/mol. The largest absolute Gasteiger partial charge is 0.391 e. The van der Waals surface area contributed by atoms with Crippen LogP contribution in [0, 0.1) is 5.92 Å². The first-order chi connectivity index (χ1) is 71.6. The zero-order valence-electron chi connectivity index (χ0n) is 85.5. The standard InChI is InChI=1S/C108H138N24O16S/c1-9-10-11-12-17-23-90(136)119-87(105(145)128-97(65(5)134)107(147)124-82(38-49-111)99(139)123-84-40-51-113-106(146)96(64(4)133)127-102(142)83(39-50-112)121-98(138)80(36-47-109)122-103(143)85(59-63(2)3)125-104(144)86(60-66-20-15-13-16-21-66)126-100(140)81(37-48-110)120-101(84)141)62-149-88-61-91(137)132(108(88)148)52-19-14-18-22-89(135)114-71-26-24-67(25-27-71)92-72-28-30-74(115-72)93(68-41-53-129(6)54-42-68)76-32-34-78(117-76)95(70-45-57-131(8)58-46-70)79-35-33-77(118-79)94(75-31-29-73(92)116-75)69-43-55-130(7)56-44-69/h13,15-16,20-21,24-35,41-46,53-58,63-65,80-88,96-97,133-134H,9-12,14,17-19,22-23,36-40,47-52,59-62,109-112H2,1-8H3,(H11-2,113,114,115,116,117,118,119,120,121,122,123,124,125,126,127,128,135,136,138,139,140,141,142,143,144,145,146,147)/p+3/t64-,65-,80+,81+,82+,83+,84+,85+,86-,87+,88?,96+,97+/m1/s1. The Morgan fingerprint density at radius 3 is 1.40 bits per heavy atom. The van der Waals surface area contributed by atoms with Crippen molar-refractivity contribution in [3.05, 3.63) is 181 Å². The predicted molar refractivity (Wildman–Crippen MR) is 567 cm³/mol. The van der Waals surface area contributed by atoms with E-state index in [2.05, 4.69) is 141 Å². The van der Waals surface area contributed by atoms with E-state index in [1.165, 1.54) is 13.8 Å². The number of hydrogen-bond acceptors (Lipinski definition) is 23. The van der Waals surface area contributed by atoms with Crippen LogP contribution in [0.15, 0.2) is 152 Å². The van der Waals surface area contributed by atoms with Gasteiger partial charge in [-0.25, -0.2) is 23.7 Å². The van der Waals surface area contributed by atoms with E-state index in [0.29, 0.717) is 49.0 Å². The van der Waals surface area contributed by atoms with Crippen LogP contribution in [-0.4, -0.2) is 241 Å². The zero-order valence-corrected chi connectivity index (χ0v) is 86.3. The summed E-state index contributed by atoms with van der Waals surface area (Å²) < 4.78 is 5.97. The van der Waals surface area contributed by atoms with Gasteiger partial charge in [0.25, 0.3) is 0 Å². The molecule has 13 atom stereocenters. The third-order valence-corrected chi connectivity index (χ3v) is 27.5. The maximum absolute atomic E-state index is 14.9. The summed E-state index contributed by atoms with van der Waals surface area (Å²) in [7, 11) is 5.94. The number of aliphatic hydroxyl groups is 2. The lowest BCUT2D eigenvalue weighted by Crippen LogP contribution is -2.62. The Kier molecular flexibility index (Phi) is 41.7. The van der Waals surface area contributed by atoms with Crippen LogP contribution in [0.5, 0.6) is 0 Å². The number of unbranched alkanes of at least 4 members (excludes halogenated alkanes) is 6. The molecule has 40 nitrogen and oxygen atoms in total. The molecule has 0 radical (unpaired) electrons. The lowest BCUT2D eigenvalue weighted by molar-refractivity contribution is -0.671. The second kappa shape index (κ2) is 54.9. The van der Waals surface area contributed by atoms with Gasteiger partial charge in [0.1, 0.15) is 81.6 Å². The molecule has 0 aliphatic carbocycles. The molecule has 2 saturated heterocycles. The molecule has 149 heavy (non-hydrogen) atoms. The number of aromatic amines is 2. The minimum atomic E-state index is -1.88. The van der Waals surface area contributed by atoms with E-state index in [1.807, 2.05) is 121 Å². The number of aliphatic hydroxyl groups excluding tert-OH is 2. The van der Waals surface area contributed by atoms with Crippen LogP contribution in [0.4, 0.5) is 5.69 Å². The maximum atomic E-state index is 14.9. The molecule has 4 aliphatic heterocycles. The number of thioether (sulfide) groups is 1. The molecule has 6 aromatic heterocycles. The molecule has 792 valence electrons. The van der Waals surface area contributed by atoms with Crippen LogP contribution in [0.1, 0.15) is 172 Å². The van der Waals surface area contributed by atoms with E-state index in [9.17, 15) is 77.3 Å². The quantitative estimate of drug-likeness (QED) is 0.0148. The van der Waals surface area contributed by atoms with Crippen molar-refractivity contribution in [2.75, 3.05) is 50.3 Å². The average Bonchev–Trinajstić information content (AvgIpc) is 1.61. The number of pyridine rings is 3. The molecule has 8 bridgehead atoms. The van der Waals surface area contributed by atoms with Gasteiger partial charge in [-0.05, 0) is 192 Å². The van der Waals surface area contributed by atoms with E-state index >= 15 is 0 Å². The van der Waals surface area contributed by atoms with Crippen LogP contribution in [0.2, 0.25) is 0 Å². The van der Waals surface area contributed by atoms with Gasteiger partial charge in [0.15, 0.2) is 37.2 Å². The molecule has 41 heteroatoms.